The summed E-state index contributed by atoms with van der Waals surface area (Å²) < 4.78 is 2.24. The third kappa shape index (κ3) is 2.39. The Labute approximate surface area is 141 Å². The molecule has 1 amide bonds. The van der Waals surface area contributed by atoms with Gasteiger partial charge in [-0.25, -0.2) is 4.98 Å². The van der Waals surface area contributed by atoms with Crippen LogP contribution in [0.5, 0.6) is 0 Å². The Balaban J connectivity index is 1.69. The van der Waals surface area contributed by atoms with E-state index in [0.29, 0.717) is 13.0 Å². The number of hydrogen-bond donors (Lipinski definition) is 0. The number of aryl methyl sites for hydroxylation is 2. The summed E-state index contributed by atoms with van der Waals surface area (Å²) in [5, 5.41) is 0. The maximum absolute atomic E-state index is 12.5. The number of imidazole rings is 1. The molecule has 0 saturated carbocycles. The molecule has 0 aliphatic carbocycles. The molecule has 1 atom stereocenters. The van der Waals surface area contributed by atoms with Crippen LogP contribution in [-0.2, 0) is 11.3 Å². The van der Waals surface area contributed by atoms with E-state index >= 15 is 0 Å². The predicted octanol–water partition coefficient (Wildman–Crippen LogP) is 3.89. The van der Waals surface area contributed by atoms with E-state index < -0.39 is 0 Å². The maximum atomic E-state index is 12.5. The van der Waals surface area contributed by atoms with E-state index in [0.717, 1.165) is 29.1 Å². The van der Waals surface area contributed by atoms with Crippen LogP contribution >= 0.6 is 0 Å². The number of rotatable bonds is 3. The highest BCUT2D eigenvalue weighted by molar-refractivity contribution is 5.96. The van der Waals surface area contributed by atoms with Crippen molar-refractivity contribution >= 4 is 22.6 Å². The van der Waals surface area contributed by atoms with Gasteiger partial charge in [0.05, 0.1) is 11.0 Å². The van der Waals surface area contributed by atoms with Gasteiger partial charge in [0.1, 0.15) is 5.82 Å². The van der Waals surface area contributed by atoms with Gasteiger partial charge < -0.3 is 9.47 Å². The second-order valence-corrected chi connectivity index (χ2v) is 6.44. The summed E-state index contributed by atoms with van der Waals surface area (Å²) in [5.74, 6) is 1.35. The number of carbonyl (C=O) groups is 1. The third-order valence-electron chi connectivity index (χ3n) is 4.84. The van der Waals surface area contributed by atoms with Gasteiger partial charge in [0, 0.05) is 31.1 Å². The van der Waals surface area contributed by atoms with Gasteiger partial charge in [0.25, 0.3) is 0 Å². The van der Waals surface area contributed by atoms with Crippen LogP contribution in [0.1, 0.15) is 30.7 Å². The Bertz CT molecular complexity index is 895. The van der Waals surface area contributed by atoms with Crippen molar-refractivity contribution in [3.63, 3.8) is 0 Å². The topological polar surface area (TPSA) is 38.1 Å². The summed E-state index contributed by atoms with van der Waals surface area (Å²) in [7, 11) is 0. The molecule has 0 radical (unpaired) electrons. The van der Waals surface area contributed by atoms with Crippen molar-refractivity contribution in [1.82, 2.24) is 9.55 Å². The zero-order chi connectivity index (χ0) is 16.7. The van der Waals surface area contributed by atoms with E-state index in [1.807, 2.05) is 35.2 Å². The molecule has 4 nitrogen and oxygen atoms in total. The summed E-state index contributed by atoms with van der Waals surface area (Å²) in [6, 6.07) is 16.4. The number of carbonyl (C=O) groups excluding carboxylic acids is 1. The van der Waals surface area contributed by atoms with Gasteiger partial charge in [-0.15, -0.1) is 0 Å². The van der Waals surface area contributed by atoms with Crippen molar-refractivity contribution in [2.75, 3.05) is 11.4 Å². The molecule has 3 aromatic rings. The van der Waals surface area contributed by atoms with Gasteiger partial charge in [-0.1, -0.05) is 29.8 Å². The number of para-hydroxylation sites is 2. The first-order valence-electron chi connectivity index (χ1n) is 8.49. The summed E-state index contributed by atoms with van der Waals surface area (Å²) in [5.41, 5.74) is 4.34. The Kier molecular flexibility index (Phi) is 3.60. The quantitative estimate of drug-likeness (QED) is 0.734. The number of amides is 1. The van der Waals surface area contributed by atoms with E-state index in [1.165, 1.54) is 5.56 Å². The van der Waals surface area contributed by atoms with Crippen LogP contribution in [0.3, 0.4) is 0 Å². The van der Waals surface area contributed by atoms with E-state index in [1.54, 1.807) is 0 Å². The molecular formula is C20H21N3O. The lowest BCUT2D eigenvalue weighted by atomic mass is 10.1. The Hall–Kier alpha value is -2.62. The molecule has 122 valence electrons. The molecule has 4 rings (SSSR count). The van der Waals surface area contributed by atoms with Crippen LogP contribution in [0.15, 0.2) is 48.5 Å². The van der Waals surface area contributed by atoms with Crippen molar-refractivity contribution in [2.24, 2.45) is 0 Å². The van der Waals surface area contributed by atoms with Crippen LogP contribution in [-0.4, -0.2) is 22.0 Å². The fourth-order valence-corrected chi connectivity index (χ4v) is 3.59. The van der Waals surface area contributed by atoms with Gasteiger partial charge in [-0.3, -0.25) is 4.79 Å². The Morgan fingerprint density at radius 1 is 1.12 bits per heavy atom. The second-order valence-electron chi connectivity index (χ2n) is 6.44. The first-order valence-corrected chi connectivity index (χ1v) is 8.49. The molecule has 1 fully saturated rings. The first kappa shape index (κ1) is 14.9. The van der Waals surface area contributed by atoms with E-state index in [4.69, 9.17) is 4.98 Å². The lowest BCUT2D eigenvalue weighted by molar-refractivity contribution is -0.117. The minimum atomic E-state index is 0.145. The molecule has 1 aromatic heterocycles. The van der Waals surface area contributed by atoms with Crippen molar-refractivity contribution in [2.45, 2.75) is 32.7 Å². The van der Waals surface area contributed by atoms with Crippen LogP contribution in [0.2, 0.25) is 0 Å². The molecule has 1 aliphatic rings. The smallest absolute Gasteiger partial charge is 0.227 e. The summed E-state index contributed by atoms with van der Waals surface area (Å²) in [6.07, 6.45) is 0.525. The average Bonchev–Trinajstić information content (AvgIpc) is 3.16. The highest BCUT2D eigenvalue weighted by Gasteiger charge is 2.34. The molecule has 0 unspecified atom stereocenters. The molecule has 0 N–H and O–H groups in total. The van der Waals surface area contributed by atoms with Gasteiger partial charge in [-0.2, -0.15) is 0 Å². The fourth-order valence-electron chi connectivity index (χ4n) is 3.59. The average molecular weight is 319 g/mol. The molecule has 4 heteroatoms. The number of benzene rings is 2. The summed E-state index contributed by atoms with van der Waals surface area (Å²) in [6.45, 7) is 5.75. The van der Waals surface area contributed by atoms with Crippen LogP contribution < -0.4 is 4.90 Å². The Morgan fingerprint density at radius 2 is 1.88 bits per heavy atom. The van der Waals surface area contributed by atoms with Crippen molar-refractivity contribution in [1.29, 1.82) is 0 Å². The van der Waals surface area contributed by atoms with Crippen molar-refractivity contribution < 1.29 is 4.79 Å². The van der Waals surface area contributed by atoms with Gasteiger partial charge in [-0.05, 0) is 38.1 Å². The molecule has 2 aromatic carbocycles. The minimum Gasteiger partial charge on any atom is -0.328 e. The molecule has 24 heavy (non-hydrogen) atoms. The highest BCUT2D eigenvalue weighted by atomic mass is 16.2. The summed E-state index contributed by atoms with van der Waals surface area (Å²) in [4.78, 5) is 19.3. The standard InChI is InChI=1S/C20H21N3O/c1-3-22-18-7-5-4-6-17(18)21-20(22)15-12-19(24)23(13-15)16-10-8-14(2)9-11-16/h4-11,15H,3,12-13H2,1-2H3/t15-/m0/s1. The van der Waals surface area contributed by atoms with Gasteiger partial charge >= 0.3 is 0 Å². The second kappa shape index (κ2) is 5.78. The van der Waals surface area contributed by atoms with E-state index in [-0.39, 0.29) is 11.8 Å². The minimum absolute atomic E-state index is 0.145. The van der Waals surface area contributed by atoms with E-state index in [2.05, 4.69) is 36.6 Å². The normalized spacial score (nSPS) is 17.8. The number of fused-ring (bicyclic) bond motifs is 1. The molecule has 0 bridgehead atoms. The number of nitrogens with zero attached hydrogens (tertiary/aromatic N) is 3. The largest absolute Gasteiger partial charge is 0.328 e. The van der Waals surface area contributed by atoms with Crippen molar-refractivity contribution in [3.05, 3.63) is 59.9 Å². The summed E-state index contributed by atoms with van der Waals surface area (Å²) >= 11 is 0. The molecule has 0 spiro atoms. The van der Waals surface area contributed by atoms with Gasteiger partial charge in [0.2, 0.25) is 5.91 Å². The van der Waals surface area contributed by atoms with Gasteiger partial charge in [0.15, 0.2) is 0 Å². The van der Waals surface area contributed by atoms with Crippen LogP contribution in [0, 0.1) is 6.92 Å². The zero-order valence-electron chi connectivity index (χ0n) is 14.1. The molecule has 1 aliphatic heterocycles. The Morgan fingerprint density at radius 3 is 2.62 bits per heavy atom. The highest BCUT2D eigenvalue weighted by Crippen LogP contribution is 2.33. The first-order chi connectivity index (χ1) is 11.7. The third-order valence-corrected chi connectivity index (χ3v) is 4.84. The van der Waals surface area contributed by atoms with E-state index in [9.17, 15) is 4.79 Å². The van der Waals surface area contributed by atoms with Crippen LogP contribution in [0.25, 0.3) is 11.0 Å². The lowest BCUT2D eigenvalue weighted by Crippen LogP contribution is -2.24. The monoisotopic (exact) mass is 319 g/mol. The number of anilines is 1. The molecular weight excluding hydrogens is 298 g/mol. The van der Waals surface area contributed by atoms with Crippen molar-refractivity contribution in [3.8, 4) is 0 Å². The SMILES string of the molecule is CCn1c([C@H]2CC(=O)N(c3ccc(C)cc3)C2)nc2ccccc21. The fraction of sp³-hybridized carbons (Fsp3) is 0.300. The zero-order valence-corrected chi connectivity index (χ0v) is 14.1. The number of hydrogen-bond acceptors (Lipinski definition) is 2. The maximum Gasteiger partial charge on any atom is 0.227 e. The van der Waals surface area contributed by atoms with Crippen LogP contribution in [0.4, 0.5) is 5.69 Å². The predicted molar refractivity (Wildman–Crippen MR) is 96.3 cm³/mol. The molecule has 2 heterocycles. The molecule has 1 saturated heterocycles. The lowest BCUT2D eigenvalue weighted by Gasteiger charge is -2.17. The number of aromatic nitrogens is 2.